The standard InChI is InChI=1S/C21H22FN5O2S/c1-2-21(22)11-26(12-21)14-3-4-18-17(7-14)16(5-6-24-18)20(29)25-9-19(28)27-13-30-10-15(27)8-23/h3-7,15H,2,9-13H2,1H3,(H,25,29)/t15-/m1/s1. The van der Waals surface area contributed by atoms with E-state index in [4.69, 9.17) is 5.26 Å². The molecule has 2 aromatic rings. The summed E-state index contributed by atoms with van der Waals surface area (Å²) in [6.45, 7) is 2.33. The number of rotatable bonds is 5. The van der Waals surface area contributed by atoms with E-state index in [-0.39, 0.29) is 18.4 Å². The molecule has 0 bridgehead atoms. The summed E-state index contributed by atoms with van der Waals surface area (Å²) in [5, 5.41) is 12.4. The van der Waals surface area contributed by atoms with Crippen LogP contribution in [0.1, 0.15) is 23.7 Å². The molecule has 2 amide bonds. The van der Waals surface area contributed by atoms with Crippen molar-refractivity contribution in [1.82, 2.24) is 15.2 Å². The second-order valence-corrected chi connectivity index (χ2v) is 8.61. The summed E-state index contributed by atoms with van der Waals surface area (Å²) in [7, 11) is 0. The maximum atomic E-state index is 14.3. The van der Waals surface area contributed by atoms with Gasteiger partial charge in [0.05, 0.1) is 42.7 Å². The van der Waals surface area contributed by atoms with E-state index in [1.807, 2.05) is 30.0 Å². The van der Waals surface area contributed by atoms with Crippen LogP contribution in [-0.4, -0.2) is 64.7 Å². The van der Waals surface area contributed by atoms with Gasteiger partial charge in [-0.2, -0.15) is 5.26 Å². The average Bonchev–Trinajstić information content (AvgIpc) is 3.23. The van der Waals surface area contributed by atoms with Gasteiger partial charge in [-0.3, -0.25) is 14.6 Å². The van der Waals surface area contributed by atoms with E-state index in [1.165, 1.54) is 16.7 Å². The number of aromatic nitrogens is 1. The number of carbonyl (C=O) groups is 2. The Morgan fingerprint density at radius 2 is 2.20 bits per heavy atom. The fourth-order valence-electron chi connectivity index (χ4n) is 3.72. The molecule has 3 heterocycles. The average molecular weight is 428 g/mol. The van der Waals surface area contributed by atoms with Gasteiger partial charge >= 0.3 is 0 Å². The maximum absolute atomic E-state index is 14.3. The van der Waals surface area contributed by atoms with E-state index in [9.17, 15) is 14.0 Å². The molecule has 1 N–H and O–H groups in total. The number of halogens is 1. The highest BCUT2D eigenvalue weighted by Gasteiger charge is 2.41. The van der Waals surface area contributed by atoms with Crippen LogP contribution < -0.4 is 10.2 Å². The van der Waals surface area contributed by atoms with Crippen LogP contribution in [0.5, 0.6) is 0 Å². The van der Waals surface area contributed by atoms with E-state index in [0.29, 0.717) is 47.6 Å². The molecule has 0 unspecified atom stereocenters. The fourth-order valence-corrected chi connectivity index (χ4v) is 4.82. The quantitative estimate of drug-likeness (QED) is 0.788. The zero-order valence-corrected chi connectivity index (χ0v) is 17.4. The molecule has 2 aliphatic heterocycles. The molecule has 9 heteroatoms. The van der Waals surface area contributed by atoms with Gasteiger partial charge in [-0.15, -0.1) is 11.8 Å². The molecule has 0 spiro atoms. The van der Waals surface area contributed by atoms with Crippen molar-refractivity contribution in [3.63, 3.8) is 0 Å². The maximum Gasteiger partial charge on any atom is 0.252 e. The second-order valence-electron chi connectivity index (χ2n) is 7.61. The molecule has 2 saturated heterocycles. The van der Waals surface area contributed by atoms with Crippen LogP contribution in [0.4, 0.5) is 10.1 Å². The predicted octanol–water partition coefficient (Wildman–Crippen LogP) is 2.33. The summed E-state index contributed by atoms with van der Waals surface area (Å²) in [6, 6.07) is 8.80. The molecule has 30 heavy (non-hydrogen) atoms. The number of alkyl halides is 1. The number of hydrogen-bond acceptors (Lipinski definition) is 6. The Kier molecular flexibility index (Phi) is 5.52. The number of nitrogens with zero attached hydrogens (tertiary/aromatic N) is 4. The normalized spacial score (nSPS) is 20.0. The number of amides is 2. The smallest absolute Gasteiger partial charge is 0.252 e. The number of hydrogen-bond donors (Lipinski definition) is 1. The first-order valence-corrected chi connectivity index (χ1v) is 11.0. The molecule has 0 aliphatic carbocycles. The lowest BCUT2D eigenvalue weighted by atomic mass is 9.92. The monoisotopic (exact) mass is 427 g/mol. The summed E-state index contributed by atoms with van der Waals surface area (Å²) >= 11 is 1.52. The lowest BCUT2D eigenvalue weighted by Crippen LogP contribution is -2.58. The lowest BCUT2D eigenvalue weighted by Gasteiger charge is -2.45. The molecule has 4 rings (SSSR count). The topological polar surface area (TPSA) is 89.3 Å². The van der Waals surface area contributed by atoms with Crippen LogP contribution in [0.3, 0.4) is 0 Å². The first-order chi connectivity index (χ1) is 14.4. The third-order valence-corrected chi connectivity index (χ3v) is 6.68. The molecule has 1 aromatic carbocycles. The van der Waals surface area contributed by atoms with E-state index in [0.717, 1.165) is 5.69 Å². The molecular weight excluding hydrogens is 405 g/mol. The van der Waals surface area contributed by atoms with Crippen LogP contribution >= 0.6 is 11.8 Å². The van der Waals surface area contributed by atoms with Gasteiger partial charge < -0.3 is 15.1 Å². The van der Waals surface area contributed by atoms with Gasteiger partial charge in [0.15, 0.2) is 0 Å². The highest BCUT2D eigenvalue weighted by atomic mass is 32.2. The Hall–Kier alpha value is -2.86. The van der Waals surface area contributed by atoms with Gasteiger partial charge in [0.1, 0.15) is 11.7 Å². The van der Waals surface area contributed by atoms with Gasteiger partial charge in [0.25, 0.3) is 5.91 Å². The molecule has 1 atom stereocenters. The SMILES string of the molecule is CCC1(F)CN(c2ccc3nccc(C(=O)NCC(=O)N4CSC[C@H]4C#N)c3c2)C1. The van der Waals surface area contributed by atoms with E-state index in [2.05, 4.69) is 16.4 Å². The lowest BCUT2D eigenvalue weighted by molar-refractivity contribution is -0.129. The van der Waals surface area contributed by atoms with Crippen LogP contribution in [0.25, 0.3) is 10.9 Å². The minimum Gasteiger partial charge on any atom is -0.365 e. The van der Waals surface area contributed by atoms with Crippen molar-refractivity contribution in [1.29, 1.82) is 5.26 Å². The minimum atomic E-state index is -1.15. The Labute approximate surface area is 178 Å². The summed E-state index contributed by atoms with van der Waals surface area (Å²) in [5.41, 5.74) is 0.749. The van der Waals surface area contributed by atoms with Crippen LogP contribution in [0, 0.1) is 11.3 Å². The van der Waals surface area contributed by atoms with Gasteiger partial charge in [-0.05, 0) is 30.7 Å². The van der Waals surface area contributed by atoms with Gasteiger partial charge in [0.2, 0.25) is 5.91 Å². The van der Waals surface area contributed by atoms with Crippen molar-refractivity contribution < 1.29 is 14.0 Å². The zero-order chi connectivity index (χ0) is 21.3. The Balaban J connectivity index is 1.49. The Bertz CT molecular complexity index is 1030. The third kappa shape index (κ3) is 3.79. The van der Waals surface area contributed by atoms with Crippen molar-refractivity contribution in [2.75, 3.05) is 36.2 Å². The second kappa shape index (κ2) is 8.11. The van der Waals surface area contributed by atoms with Crippen molar-refractivity contribution in [2.24, 2.45) is 0 Å². The number of nitriles is 1. The summed E-state index contributed by atoms with van der Waals surface area (Å²) in [6.07, 6.45) is 2.03. The summed E-state index contributed by atoms with van der Waals surface area (Å²) < 4.78 is 14.3. The number of anilines is 1. The largest absolute Gasteiger partial charge is 0.365 e. The van der Waals surface area contributed by atoms with Crippen LogP contribution in [0.2, 0.25) is 0 Å². The van der Waals surface area contributed by atoms with Crippen molar-refractivity contribution in [3.05, 3.63) is 36.0 Å². The van der Waals surface area contributed by atoms with Crippen molar-refractivity contribution >= 4 is 40.2 Å². The molecule has 0 radical (unpaired) electrons. The number of benzene rings is 1. The van der Waals surface area contributed by atoms with E-state index in [1.54, 1.807) is 12.3 Å². The first-order valence-electron chi connectivity index (χ1n) is 9.82. The molecular formula is C21H22FN5O2S. The third-order valence-electron chi connectivity index (χ3n) is 5.67. The number of nitrogens with one attached hydrogen (secondary N) is 1. The van der Waals surface area contributed by atoms with Crippen molar-refractivity contribution in [3.8, 4) is 6.07 Å². The Morgan fingerprint density at radius 1 is 1.40 bits per heavy atom. The van der Waals surface area contributed by atoms with E-state index < -0.39 is 11.7 Å². The van der Waals surface area contributed by atoms with Crippen molar-refractivity contribution in [2.45, 2.75) is 25.1 Å². The van der Waals surface area contributed by atoms with Gasteiger partial charge in [-0.25, -0.2) is 4.39 Å². The predicted molar refractivity (Wildman–Crippen MR) is 114 cm³/mol. The number of fused-ring (bicyclic) bond motifs is 1. The molecule has 2 aliphatic rings. The van der Waals surface area contributed by atoms with Crippen LogP contribution in [0.15, 0.2) is 30.5 Å². The highest BCUT2D eigenvalue weighted by Crippen LogP contribution is 2.34. The number of pyridine rings is 1. The zero-order valence-electron chi connectivity index (χ0n) is 16.6. The number of thioether (sulfide) groups is 1. The fraction of sp³-hybridized carbons (Fsp3) is 0.429. The Morgan fingerprint density at radius 3 is 2.93 bits per heavy atom. The van der Waals surface area contributed by atoms with Gasteiger partial charge in [-0.1, -0.05) is 6.92 Å². The summed E-state index contributed by atoms with van der Waals surface area (Å²) in [4.78, 5) is 32.9. The number of carbonyl (C=O) groups excluding carboxylic acids is 2. The highest BCUT2D eigenvalue weighted by molar-refractivity contribution is 7.99. The molecule has 1 aromatic heterocycles. The van der Waals surface area contributed by atoms with Gasteiger partial charge in [0, 0.05) is 23.0 Å². The molecule has 0 saturated carbocycles. The molecule has 7 nitrogen and oxygen atoms in total. The van der Waals surface area contributed by atoms with E-state index >= 15 is 0 Å². The summed E-state index contributed by atoms with van der Waals surface area (Å²) in [5.74, 6) is 0.379. The van der Waals surface area contributed by atoms with Crippen LogP contribution in [-0.2, 0) is 4.79 Å². The molecule has 2 fully saturated rings. The molecule has 156 valence electrons. The first kappa shape index (κ1) is 20.4. The minimum absolute atomic E-state index is 0.173.